The van der Waals surface area contributed by atoms with E-state index in [1.54, 1.807) is 11.8 Å². The van der Waals surface area contributed by atoms with Gasteiger partial charge in [-0.25, -0.2) is 4.79 Å². The third-order valence-electron chi connectivity index (χ3n) is 1.80. The maximum atomic E-state index is 10.9. The molecule has 0 aromatic carbocycles. The SMILES string of the molecule is CC(=O)CCCN1CCOC1=O. The highest BCUT2D eigenvalue weighted by atomic mass is 16.6. The molecule has 0 radical (unpaired) electrons. The Balaban J connectivity index is 2.14. The summed E-state index contributed by atoms with van der Waals surface area (Å²) in [4.78, 5) is 23.1. The second-order valence-electron chi connectivity index (χ2n) is 2.91. The number of amides is 1. The number of cyclic esters (lactones) is 1. The Morgan fingerprint density at radius 1 is 1.67 bits per heavy atom. The van der Waals surface area contributed by atoms with E-state index in [1.165, 1.54) is 0 Å². The lowest BCUT2D eigenvalue weighted by Gasteiger charge is -2.10. The first-order valence-corrected chi connectivity index (χ1v) is 4.11. The van der Waals surface area contributed by atoms with Gasteiger partial charge in [-0.3, -0.25) is 0 Å². The summed E-state index contributed by atoms with van der Waals surface area (Å²) < 4.78 is 4.73. The molecule has 12 heavy (non-hydrogen) atoms. The third kappa shape index (κ3) is 2.53. The fourth-order valence-electron chi connectivity index (χ4n) is 1.15. The molecule has 0 aliphatic carbocycles. The number of carbonyl (C=O) groups is 2. The monoisotopic (exact) mass is 171 g/mol. The van der Waals surface area contributed by atoms with Gasteiger partial charge in [-0.05, 0) is 13.3 Å². The van der Waals surface area contributed by atoms with Gasteiger partial charge < -0.3 is 14.4 Å². The van der Waals surface area contributed by atoms with Crippen LogP contribution in [-0.2, 0) is 9.53 Å². The summed E-state index contributed by atoms with van der Waals surface area (Å²) in [5.74, 6) is 0.169. The molecular formula is C8H13NO3. The molecular weight excluding hydrogens is 158 g/mol. The fraction of sp³-hybridized carbons (Fsp3) is 0.750. The lowest BCUT2D eigenvalue weighted by atomic mass is 10.2. The minimum Gasteiger partial charge on any atom is -0.448 e. The van der Waals surface area contributed by atoms with Gasteiger partial charge in [0.15, 0.2) is 0 Å². The van der Waals surface area contributed by atoms with E-state index in [1.807, 2.05) is 0 Å². The smallest absolute Gasteiger partial charge is 0.409 e. The van der Waals surface area contributed by atoms with Crippen LogP contribution in [-0.4, -0.2) is 36.5 Å². The van der Waals surface area contributed by atoms with Gasteiger partial charge in [0.2, 0.25) is 0 Å². The van der Waals surface area contributed by atoms with Crippen LogP contribution in [0.15, 0.2) is 0 Å². The van der Waals surface area contributed by atoms with Gasteiger partial charge in [-0.2, -0.15) is 0 Å². The van der Waals surface area contributed by atoms with Gasteiger partial charge in [0.05, 0.1) is 6.54 Å². The van der Waals surface area contributed by atoms with Crippen molar-refractivity contribution in [3.8, 4) is 0 Å². The number of hydrogen-bond donors (Lipinski definition) is 0. The van der Waals surface area contributed by atoms with Crippen molar-refractivity contribution in [1.82, 2.24) is 4.90 Å². The molecule has 1 amide bonds. The van der Waals surface area contributed by atoms with E-state index in [2.05, 4.69) is 0 Å². The summed E-state index contributed by atoms with van der Waals surface area (Å²) >= 11 is 0. The van der Waals surface area contributed by atoms with Gasteiger partial charge >= 0.3 is 6.09 Å². The summed E-state index contributed by atoms with van der Waals surface area (Å²) in [6.45, 7) is 3.34. The van der Waals surface area contributed by atoms with Crippen molar-refractivity contribution >= 4 is 11.9 Å². The van der Waals surface area contributed by atoms with Crippen molar-refractivity contribution in [2.45, 2.75) is 19.8 Å². The van der Waals surface area contributed by atoms with E-state index >= 15 is 0 Å². The van der Waals surface area contributed by atoms with E-state index in [0.717, 1.165) is 6.42 Å². The average Bonchev–Trinajstić information content (AvgIpc) is 2.36. The molecule has 4 nitrogen and oxygen atoms in total. The summed E-state index contributed by atoms with van der Waals surface area (Å²) in [5, 5.41) is 0. The molecule has 1 saturated heterocycles. The minimum absolute atomic E-state index is 0.169. The number of Topliss-reactive ketones (excluding diaryl/α,β-unsaturated/α-hetero) is 1. The van der Waals surface area contributed by atoms with Crippen LogP contribution in [0.3, 0.4) is 0 Å². The van der Waals surface area contributed by atoms with Crippen LogP contribution in [0.1, 0.15) is 19.8 Å². The molecule has 0 spiro atoms. The van der Waals surface area contributed by atoms with Gasteiger partial charge in [-0.1, -0.05) is 0 Å². The first kappa shape index (κ1) is 9.03. The van der Waals surface area contributed by atoms with E-state index in [0.29, 0.717) is 26.1 Å². The zero-order valence-corrected chi connectivity index (χ0v) is 7.21. The van der Waals surface area contributed by atoms with Crippen molar-refractivity contribution in [2.75, 3.05) is 19.7 Å². The predicted octanol–water partition coefficient (Wildman–Crippen LogP) is 0.808. The van der Waals surface area contributed by atoms with Crippen molar-refractivity contribution in [2.24, 2.45) is 0 Å². The zero-order chi connectivity index (χ0) is 8.97. The van der Waals surface area contributed by atoms with Crippen LogP contribution < -0.4 is 0 Å². The number of ketones is 1. The van der Waals surface area contributed by atoms with Crippen molar-refractivity contribution in [1.29, 1.82) is 0 Å². The predicted molar refractivity (Wildman–Crippen MR) is 42.8 cm³/mol. The van der Waals surface area contributed by atoms with Gasteiger partial charge in [0.1, 0.15) is 12.4 Å². The molecule has 0 atom stereocenters. The topological polar surface area (TPSA) is 46.6 Å². The Hall–Kier alpha value is -1.06. The molecule has 1 aliphatic heterocycles. The molecule has 0 bridgehead atoms. The normalized spacial score (nSPS) is 16.4. The number of carbonyl (C=O) groups excluding carboxylic acids is 2. The maximum absolute atomic E-state index is 10.9. The van der Waals surface area contributed by atoms with E-state index in [4.69, 9.17) is 4.74 Å². The Labute approximate surface area is 71.5 Å². The Kier molecular flexibility index (Phi) is 3.08. The first-order chi connectivity index (χ1) is 5.70. The largest absolute Gasteiger partial charge is 0.448 e. The van der Waals surface area contributed by atoms with Crippen LogP contribution in [0, 0.1) is 0 Å². The van der Waals surface area contributed by atoms with Gasteiger partial charge in [-0.15, -0.1) is 0 Å². The lowest BCUT2D eigenvalue weighted by molar-refractivity contribution is -0.117. The quantitative estimate of drug-likeness (QED) is 0.628. The molecule has 0 saturated carbocycles. The lowest BCUT2D eigenvalue weighted by Crippen LogP contribution is -2.25. The van der Waals surface area contributed by atoms with Crippen LogP contribution >= 0.6 is 0 Å². The number of rotatable bonds is 4. The van der Waals surface area contributed by atoms with Crippen LogP contribution in [0.2, 0.25) is 0 Å². The summed E-state index contributed by atoms with van der Waals surface area (Å²) in [6.07, 6.45) is 1.03. The van der Waals surface area contributed by atoms with Crippen molar-refractivity contribution < 1.29 is 14.3 Å². The van der Waals surface area contributed by atoms with Gasteiger partial charge in [0, 0.05) is 13.0 Å². The molecule has 0 unspecified atom stereocenters. The van der Waals surface area contributed by atoms with Crippen LogP contribution in [0.25, 0.3) is 0 Å². The molecule has 1 fully saturated rings. The third-order valence-corrected chi connectivity index (χ3v) is 1.80. The number of nitrogens with zero attached hydrogens (tertiary/aromatic N) is 1. The van der Waals surface area contributed by atoms with Crippen LogP contribution in [0.5, 0.6) is 0 Å². The second-order valence-corrected chi connectivity index (χ2v) is 2.91. The molecule has 0 aromatic heterocycles. The molecule has 0 aromatic rings. The molecule has 0 N–H and O–H groups in total. The Morgan fingerprint density at radius 2 is 2.42 bits per heavy atom. The Morgan fingerprint density at radius 3 is 2.92 bits per heavy atom. The number of ether oxygens (including phenoxy) is 1. The van der Waals surface area contributed by atoms with E-state index < -0.39 is 0 Å². The second kappa shape index (κ2) is 4.09. The van der Waals surface area contributed by atoms with E-state index in [9.17, 15) is 9.59 Å². The van der Waals surface area contributed by atoms with Crippen molar-refractivity contribution in [3.05, 3.63) is 0 Å². The zero-order valence-electron chi connectivity index (χ0n) is 7.21. The molecule has 1 heterocycles. The average molecular weight is 171 g/mol. The highest BCUT2D eigenvalue weighted by Crippen LogP contribution is 2.04. The fourth-order valence-corrected chi connectivity index (χ4v) is 1.15. The standard InChI is InChI=1S/C8H13NO3/c1-7(10)3-2-4-9-5-6-12-8(9)11/h2-6H2,1H3. The van der Waals surface area contributed by atoms with Crippen LogP contribution in [0.4, 0.5) is 4.79 Å². The molecule has 4 heteroatoms. The highest BCUT2D eigenvalue weighted by molar-refractivity contribution is 5.75. The molecule has 1 rings (SSSR count). The highest BCUT2D eigenvalue weighted by Gasteiger charge is 2.20. The summed E-state index contributed by atoms with van der Waals surface area (Å²) in [5.41, 5.74) is 0. The first-order valence-electron chi connectivity index (χ1n) is 4.11. The number of hydrogen-bond acceptors (Lipinski definition) is 3. The Bertz CT molecular complexity index is 191. The molecule has 1 aliphatic rings. The van der Waals surface area contributed by atoms with Crippen molar-refractivity contribution in [3.63, 3.8) is 0 Å². The van der Waals surface area contributed by atoms with Gasteiger partial charge in [0.25, 0.3) is 0 Å². The minimum atomic E-state index is -0.251. The molecule has 68 valence electrons. The summed E-state index contributed by atoms with van der Waals surface area (Å²) in [6, 6.07) is 0. The summed E-state index contributed by atoms with van der Waals surface area (Å²) in [7, 11) is 0. The van der Waals surface area contributed by atoms with E-state index in [-0.39, 0.29) is 11.9 Å². The maximum Gasteiger partial charge on any atom is 0.409 e.